The van der Waals surface area contributed by atoms with Gasteiger partial charge < -0.3 is 5.11 Å². The van der Waals surface area contributed by atoms with Gasteiger partial charge in [-0.05, 0) is 30.2 Å². The summed E-state index contributed by atoms with van der Waals surface area (Å²) in [5.41, 5.74) is 1.02. The lowest BCUT2D eigenvalue weighted by atomic mass is 10.0. The summed E-state index contributed by atoms with van der Waals surface area (Å²) in [5.74, 6) is 0.311. The number of aliphatic hydroxyl groups excluding tert-OH is 1. The molecule has 0 radical (unpaired) electrons. The van der Waals surface area contributed by atoms with Gasteiger partial charge in [0.1, 0.15) is 0 Å². The molecule has 1 fully saturated rings. The van der Waals surface area contributed by atoms with Crippen LogP contribution in [0.15, 0.2) is 30.3 Å². The zero-order valence-corrected chi connectivity index (χ0v) is 12.9. The van der Waals surface area contributed by atoms with Crippen molar-refractivity contribution in [1.29, 1.82) is 0 Å². The van der Waals surface area contributed by atoms with Gasteiger partial charge >= 0.3 is 0 Å². The predicted octanol–water partition coefficient (Wildman–Crippen LogP) is 1.82. The Morgan fingerprint density at radius 3 is 2.45 bits per heavy atom. The van der Waals surface area contributed by atoms with E-state index in [0.717, 1.165) is 18.4 Å². The molecule has 0 heterocycles. The number of benzene rings is 1. The van der Waals surface area contributed by atoms with Gasteiger partial charge in [0.05, 0.1) is 11.9 Å². The van der Waals surface area contributed by atoms with E-state index in [4.69, 9.17) is 0 Å². The summed E-state index contributed by atoms with van der Waals surface area (Å²) in [6, 6.07) is 9.64. The van der Waals surface area contributed by atoms with Gasteiger partial charge in [0, 0.05) is 13.6 Å². The second-order valence-corrected chi connectivity index (χ2v) is 7.90. The third-order valence-corrected chi connectivity index (χ3v) is 5.93. The fourth-order valence-electron chi connectivity index (χ4n) is 2.33. The van der Waals surface area contributed by atoms with E-state index in [9.17, 15) is 13.5 Å². The summed E-state index contributed by atoms with van der Waals surface area (Å²) in [6.07, 6.45) is 1.49. The molecule has 20 heavy (non-hydrogen) atoms. The van der Waals surface area contributed by atoms with Gasteiger partial charge in [0.15, 0.2) is 0 Å². The van der Waals surface area contributed by atoms with Crippen LogP contribution in [-0.2, 0) is 10.0 Å². The Labute approximate surface area is 121 Å². The van der Waals surface area contributed by atoms with E-state index < -0.39 is 16.1 Å². The minimum absolute atomic E-state index is 0.0540. The molecule has 0 saturated heterocycles. The molecule has 4 nitrogen and oxygen atoms in total. The molecule has 0 bridgehead atoms. The van der Waals surface area contributed by atoms with Gasteiger partial charge in [0.2, 0.25) is 10.0 Å². The first-order valence-electron chi connectivity index (χ1n) is 7.07. The third-order valence-electron chi connectivity index (χ3n) is 3.91. The maximum Gasteiger partial charge on any atom is 0.214 e. The first kappa shape index (κ1) is 15.5. The fourth-order valence-corrected chi connectivity index (χ4v) is 3.79. The minimum Gasteiger partial charge on any atom is -0.391 e. The number of hydrogen-bond donors (Lipinski definition) is 1. The van der Waals surface area contributed by atoms with Crippen molar-refractivity contribution < 1.29 is 13.5 Å². The van der Waals surface area contributed by atoms with Gasteiger partial charge in [-0.15, -0.1) is 0 Å². The number of sulfonamides is 1. The maximum absolute atomic E-state index is 12.3. The molecule has 0 spiro atoms. The SMILES string of the molecule is CC(CS(=O)(=O)N(C)CC(O)C1CC1)c1ccccc1. The van der Waals surface area contributed by atoms with Gasteiger partial charge in [-0.3, -0.25) is 0 Å². The molecule has 0 amide bonds. The average molecular weight is 297 g/mol. The number of likely N-dealkylation sites (N-methyl/N-ethyl adjacent to an activating group) is 1. The highest BCUT2D eigenvalue weighted by Gasteiger charge is 2.33. The zero-order valence-electron chi connectivity index (χ0n) is 12.1. The standard InChI is InChI=1S/C15H23NO3S/c1-12(13-6-4-3-5-7-13)11-20(18,19)16(2)10-15(17)14-8-9-14/h3-7,12,14-15,17H,8-11H2,1-2H3. The Morgan fingerprint density at radius 2 is 1.90 bits per heavy atom. The third kappa shape index (κ3) is 4.04. The Kier molecular flexibility index (Phi) is 4.83. The van der Waals surface area contributed by atoms with E-state index in [1.165, 1.54) is 4.31 Å². The summed E-state index contributed by atoms with van der Waals surface area (Å²) in [6.45, 7) is 2.12. The van der Waals surface area contributed by atoms with Gasteiger partial charge in [-0.2, -0.15) is 0 Å². The Hall–Kier alpha value is -0.910. The normalized spacial score (nSPS) is 19.0. The summed E-state index contributed by atoms with van der Waals surface area (Å²) in [4.78, 5) is 0. The minimum atomic E-state index is -3.34. The van der Waals surface area contributed by atoms with Crippen molar-refractivity contribution in [3.8, 4) is 0 Å². The highest BCUT2D eigenvalue weighted by Crippen LogP contribution is 2.33. The summed E-state index contributed by atoms with van der Waals surface area (Å²) >= 11 is 0. The van der Waals surface area contributed by atoms with E-state index in [-0.39, 0.29) is 18.2 Å². The number of aliphatic hydroxyl groups is 1. The monoisotopic (exact) mass is 297 g/mol. The second-order valence-electron chi connectivity index (χ2n) is 5.78. The van der Waals surface area contributed by atoms with Crippen LogP contribution in [0.25, 0.3) is 0 Å². The Morgan fingerprint density at radius 1 is 1.30 bits per heavy atom. The smallest absolute Gasteiger partial charge is 0.214 e. The molecule has 2 unspecified atom stereocenters. The van der Waals surface area contributed by atoms with Crippen LogP contribution < -0.4 is 0 Å². The molecule has 1 aliphatic carbocycles. The quantitative estimate of drug-likeness (QED) is 0.835. The topological polar surface area (TPSA) is 57.6 Å². The highest BCUT2D eigenvalue weighted by molar-refractivity contribution is 7.89. The predicted molar refractivity (Wildman–Crippen MR) is 80.0 cm³/mol. The molecule has 1 aliphatic rings. The van der Waals surface area contributed by atoms with Gasteiger partial charge in [0.25, 0.3) is 0 Å². The van der Waals surface area contributed by atoms with Crippen LogP contribution in [0.3, 0.4) is 0 Å². The Bertz CT molecular complexity index is 525. The van der Waals surface area contributed by atoms with E-state index in [1.54, 1.807) is 7.05 Å². The van der Waals surface area contributed by atoms with Crippen molar-refractivity contribution in [2.75, 3.05) is 19.3 Å². The molecule has 1 N–H and O–H groups in total. The van der Waals surface area contributed by atoms with Gasteiger partial charge in [-0.25, -0.2) is 12.7 Å². The van der Waals surface area contributed by atoms with Crippen molar-refractivity contribution in [2.45, 2.75) is 31.8 Å². The molecular weight excluding hydrogens is 274 g/mol. The fraction of sp³-hybridized carbons (Fsp3) is 0.600. The molecule has 0 aromatic heterocycles. The van der Waals surface area contributed by atoms with E-state index in [0.29, 0.717) is 5.92 Å². The van der Waals surface area contributed by atoms with Gasteiger partial charge in [-0.1, -0.05) is 37.3 Å². The summed E-state index contributed by atoms with van der Waals surface area (Å²) in [5, 5.41) is 9.87. The van der Waals surface area contributed by atoms with Crippen molar-refractivity contribution in [3.05, 3.63) is 35.9 Å². The second kappa shape index (κ2) is 6.24. The van der Waals surface area contributed by atoms with Crippen LogP contribution in [0.5, 0.6) is 0 Å². The molecular formula is C15H23NO3S. The zero-order chi connectivity index (χ0) is 14.8. The van der Waals surface area contributed by atoms with E-state index >= 15 is 0 Å². The van der Waals surface area contributed by atoms with Crippen molar-refractivity contribution in [2.24, 2.45) is 5.92 Å². The first-order chi connectivity index (χ1) is 9.40. The largest absolute Gasteiger partial charge is 0.391 e. The highest BCUT2D eigenvalue weighted by atomic mass is 32.2. The van der Waals surface area contributed by atoms with Crippen LogP contribution in [0, 0.1) is 5.92 Å². The molecule has 112 valence electrons. The van der Waals surface area contributed by atoms with Crippen molar-refractivity contribution in [1.82, 2.24) is 4.31 Å². The molecule has 1 aromatic carbocycles. The van der Waals surface area contributed by atoms with Crippen molar-refractivity contribution in [3.63, 3.8) is 0 Å². The molecule has 2 atom stereocenters. The maximum atomic E-state index is 12.3. The lowest BCUT2D eigenvalue weighted by Gasteiger charge is -2.22. The van der Waals surface area contributed by atoms with E-state index in [2.05, 4.69) is 0 Å². The van der Waals surface area contributed by atoms with Crippen LogP contribution in [-0.4, -0.2) is 43.3 Å². The molecule has 5 heteroatoms. The Balaban J connectivity index is 1.95. The first-order valence-corrected chi connectivity index (χ1v) is 8.68. The number of hydrogen-bond acceptors (Lipinski definition) is 3. The lowest BCUT2D eigenvalue weighted by Crippen LogP contribution is -2.37. The number of nitrogens with zero attached hydrogens (tertiary/aromatic N) is 1. The molecule has 2 rings (SSSR count). The molecule has 1 aromatic rings. The van der Waals surface area contributed by atoms with Crippen LogP contribution in [0.2, 0.25) is 0 Å². The van der Waals surface area contributed by atoms with Crippen LogP contribution in [0.1, 0.15) is 31.2 Å². The van der Waals surface area contributed by atoms with Crippen LogP contribution in [0.4, 0.5) is 0 Å². The van der Waals surface area contributed by atoms with E-state index in [1.807, 2.05) is 37.3 Å². The number of rotatable bonds is 7. The average Bonchev–Trinajstić information content (AvgIpc) is 3.23. The lowest BCUT2D eigenvalue weighted by molar-refractivity contribution is 0.131. The summed E-state index contributed by atoms with van der Waals surface area (Å²) in [7, 11) is -1.78. The van der Waals surface area contributed by atoms with Crippen molar-refractivity contribution >= 4 is 10.0 Å². The molecule has 0 aliphatic heterocycles. The summed E-state index contributed by atoms with van der Waals surface area (Å²) < 4.78 is 25.9. The molecule has 1 saturated carbocycles. The van der Waals surface area contributed by atoms with Crippen LogP contribution >= 0.6 is 0 Å².